The Morgan fingerprint density at radius 1 is 1.42 bits per heavy atom. The monoisotopic (exact) mass is 165 g/mol. The molecule has 0 aliphatic heterocycles. The molecule has 0 aromatic heterocycles. The van der Waals surface area contributed by atoms with Crippen molar-refractivity contribution in [1.82, 2.24) is 0 Å². The summed E-state index contributed by atoms with van der Waals surface area (Å²) in [5.41, 5.74) is 7.85. The summed E-state index contributed by atoms with van der Waals surface area (Å²) < 4.78 is 0. The number of allylic oxidation sites excluding steroid dienone is 2. The lowest BCUT2D eigenvalue weighted by Crippen LogP contribution is -2.12. The van der Waals surface area contributed by atoms with Gasteiger partial charge < -0.3 is 5.73 Å². The van der Waals surface area contributed by atoms with Crippen molar-refractivity contribution in [2.24, 2.45) is 11.7 Å². The number of hydrogen-bond acceptors (Lipinski definition) is 1. The first-order valence-electron chi connectivity index (χ1n) is 4.24. The van der Waals surface area contributed by atoms with E-state index >= 15 is 0 Å². The van der Waals surface area contributed by atoms with Gasteiger partial charge in [0.25, 0.3) is 0 Å². The average molecular weight is 165 g/mol. The molecular weight excluding hydrogens is 146 g/mol. The first kappa shape index (κ1) is 11.2. The van der Waals surface area contributed by atoms with Gasteiger partial charge in [0, 0.05) is 12.5 Å². The first-order valence-corrected chi connectivity index (χ1v) is 4.24. The second-order valence-electron chi connectivity index (χ2n) is 3.28. The summed E-state index contributed by atoms with van der Waals surface area (Å²) in [5.74, 6) is 0.323. The van der Waals surface area contributed by atoms with Crippen LogP contribution in [0.15, 0.2) is 36.5 Å². The lowest BCUT2D eigenvalue weighted by atomic mass is 10.0. The summed E-state index contributed by atoms with van der Waals surface area (Å²) in [6, 6.07) is 0. The SMILES string of the molecule is C=C(C)C/C=C\C(CN)C(=C)C. The third-order valence-electron chi connectivity index (χ3n) is 1.72. The largest absolute Gasteiger partial charge is 0.330 e. The van der Waals surface area contributed by atoms with E-state index in [9.17, 15) is 0 Å². The molecule has 0 rings (SSSR count). The van der Waals surface area contributed by atoms with Crippen LogP contribution in [-0.2, 0) is 0 Å². The molecule has 1 atom stereocenters. The topological polar surface area (TPSA) is 26.0 Å². The maximum absolute atomic E-state index is 5.56. The molecule has 0 bridgehead atoms. The van der Waals surface area contributed by atoms with Gasteiger partial charge in [0.05, 0.1) is 0 Å². The zero-order chi connectivity index (χ0) is 9.56. The Balaban J connectivity index is 3.93. The highest BCUT2D eigenvalue weighted by Gasteiger charge is 2.00. The van der Waals surface area contributed by atoms with Crippen molar-refractivity contribution in [3.05, 3.63) is 36.5 Å². The minimum absolute atomic E-state index is 0.323. The van der Waals surface area contributed by atoms with Crippen LogP contribution in [0.5, 0.6) is 0 Å². The van der Waals surface area contributed by atoms with Crippen molar-refractivity contribution in [2.45, 2.75) is 20.3 Å². The second-order valence-corrected chi connectivity index (χ2v) is 3.28. The van der Waals surface area contributed by atoms with Gasteiger partial charge in [0.2, 0.25) is 0 Å². The summed E-state index contributed by atoms with van der Waals surface area (Å²) >= 11 is 0. The van der Waals surface area contributed by atoms with E-state index in [0.29, 0.717) is 12.5 Å². The Labute approximate surface area is 75.7 Å². The third-order valence-corrected chi connectivity index (χ3v) is 1.72. The zero-order valence-electron chi connectivity index (χ0n) is 8.14. The molecule has 2 N–H and O–H groups in total. The molecule has 0 spiro atoms. The molecule has 0 fully saturated rings. The molecule has 0 heterocycles. The lowest BCUT2D eigenvalue weighted by molar-refractivity contribution is 0.769. The molecule has 0 aromatic carbocycles. The summed E-state index contributed by atoms with van der Waals surface area (Å²) in [7, 11) is 0. The van der Waals surface area contributed by atoms with Crippen LogP contribution in [0.2, 0.25) is 0 Å². The molecule has 1 nitrogen and oxygen atoms in total. The number of nitrogens with two attached hydrogens (primary N) is 1. The summed E-state index contributed by atoms with van der Waals surface area (Å²) in [4.78, 5) is 0. The average Bonchev–Trinajstić information content (AvgIpc) is 1.96. The molecule has 0 saturated heterocycles. The molecule has 0 aromatic rings. The van der Waals surface area contributed by atoms with Gasteiger partial charge in [-0.2, -0.15) is 0 Å². The second kappa shape index (κ2) is 5.78. The summed E-state index contributed by atoms with van der Waals surface area (Å²) in [5, 5.41) is 0. The van der Waals surface area contributed by atoms with Crippen LogP contribution in [0.4, 0.5) is 0 Å². The predicted octanol–water partition coefficient (Wildman–Crippen LogP) is 2.66. The van der Waals surface area contributed by atoms with Gasteiger partial charge in [0.15, 0.2) is 0 Å². The van der Waals surface area contributed by atoms with E-state index in [1.165, 1.54) is 5.57 Å². The van der Waals surface area contributed by atoms with Gasteiger partial charge in [-0.05, 0) is 20.3 Å². The minimum Gasteiger partial charge on any atom is -0.330 e. The van der Waals surface area contributed by atoms with Gasteiger partial charge in [-0.15, -0.1) is 0 Å². The molecule has 0 saturated carbocycles. The molecule has 0 aliphatic carbocycles. The normalized spacial score (nSPS) is 13.2. The highest BCUT2D eigenvalue weighted by molar-refractivity contribution is 5.09. The van der Waals surface area contributed by atoms with Gasteiger partial charge in [-0.25, -0.2) is 0 Å². The Morgan fingerprint density at radius 3 is 2.33 bits per heavy atom. The van der Waals surface area contributed by atoms with E-state index in [4.69, 9.17) is 5.73 Å². The van der Waals surface area contributed by atoms with E-state index in [2.05, 4.69) is 25.3 Å². The predicted molar refractivity (Wildman–Crippen MR) is 55.9 cm³/mol. The standard InChI is InChI=1S/C11H19N/c1-9(2)6-5-7-11(8-12)10(3)4/h5,7,11H,1,3,6,8,12H2,2,4H3/b7-5-. The maximum atomic E-state index is 5.56. The fourth-order valence-electron chi connectivity index (χ4n) is 0.878. The third kappa shape index (κ3) is 4.91. The van der Waals surface area contributed by atoms with Gasteiger partial charge >= 0.3 is 0 Å². The van der Waals surface area contributed by atoms with E-state index in [1.54, 1.807) is 0 Å². The highest BCUT2D eigenvalue weighted by atomic mass is 14.5. The van der Waals surface area contributed by atoms with Gasteiger partial charge in [-0.1, -0.05) is 36.5 Å². The summed E-state index contributed by atoms with van der Waals surface area (Å²) in [6.45, 7) is 12.3. The fraction of sp³-hybridized carbons (Fsp3) is 0.455. The van der Waals surface area contributed by atoms with Crippen LogP contribution in [0.3, 0.4) is 0 Å². The van der Waals surface area contributed by atoms with E-state index < -0.39 is 0 Å². The number of rotatable bonds is 5. The molecule has 1 unspecified atom stereocenters. The molecule has 68 valence electrons. The van der Waals surface area contributed by atoms with Gasteiger partial charge in [-0.3, -0.25) is 0 Å². The minimum atomic E-state index is 0.323. The van der Waals surface area contributed by atoms with Crippen molar-refractivity contribution >= 4 is 0 Å². The van der Waals surface area contributed by atoms with Crippen molar-refractivity contribution in [2.75, 3.05) is 6.54 Å². The van der Waals surface area contributed by atoms with Crippen LogP contribution in [-0.4, -0.2) is 6.54 Å². The van der Waals surface area contributed by atoms with Crippen molar-refractivity contribution in [3.8, 4) is 0 Å². The molecular formula is C11H19N. The number of hydrogen-bond donors (Lipinski definition) is 1. The summed E-state index contributed by atoms with van der Waals surface area (Å²) in [6.07, 6.45) is 5.15. The van der Waals surface area contributed by atoms with E-state index in [0.717, 1.165) is 12.0 Å². The van der Waals surface area contributed by atoms with Crippen LogP contribution in [0.25, 0.3) is 0 Å². The molecule has 0 amide bonds. The first-order chi connectivity index (χ1) is 5.57. The van der Waals surface area contributed by atoms with Crippen molar-refractivity contribution < 1.29 is 0 Å². The van der Waals surface area contributed by atoms with Gasteiger partial charge in [0.1, 0.15) is 0 Å². The van der Waals surface area contributed by atoms with Crippen LogP contribution >= 0.6 is 0 Å². The smallest absolute Gasteiger partial charge is 0.00943 e. The molecule has 0 aliphatic rings. The van der Waals surface area contributed by atoms with E-state index in [-0.39, 0.29) is 0 Å². The Kier molecular flexibility index (Phi) is 5.39. The quantitative estimate of drug-likeness (QED) is 0.623. The van der Waals surface area contributed by atoms with Crippen molar-refractivity contribution in [1.29, 1.82) is 0 Å². The molecule has 12 heavy (non-hydrogen) atoms. The van der Waals surface area contributed by atoms with Crippen LogP contribution in [0.1, 0.15) is 20.3 Å². The lowest BCUT2D eigenvalue weighted by Gasteiger charge is -2.08. The van der Waals surface area contributed by atoms with E-state index in [1.807, 2.05) is 13.8 Å². The Morgan fingerprint density at radius 2 is 2.00 bits per heavy atom. The molecule has 0 radical (unpaired) electrons. The zero-order valence-corrected chi connectivity index (χ0v) is 8.14. The maximum Gasteiger partial charge on any atom is 0.00943 e. The highest BCUT2D eigenvalue weighted by Crippen LogP contribution is 2.09. The Hall–Kier alpha value is -0.820. The molecule has 1 heteroatoms. The van der Waals surface area contributed by atoms with Crippen molar-refractivity contribution in [3.63, 3.8) is 0 Å². The van der Waals surface area contributed by atoms with Crippen LogP contribution < -0.4 is 5.73 Å². The Bertz CT molecular complexity index is 189. The fourth-order valence-corrected chi connectivity index (χ4v) is 0.878. The van der Waals surface area contributed by atoms with Crippen LogP contribution in [0, 0.1) is 5.92 Å².